The topological polar surface area (TPSA) is 28.7 Å². The van der Waals surface area contributed by atoms with E-state index in [9.17, 15) is 4.39 Å². The molecule has 100 valence electrons. The molecule has 2 aromatic carbocycles. The number of aromatic amines is 1. The summed E-state index contributed by atoms with van der Waals surface area (Å²) >= 11 is 0. The lowest BCUT2D eigenvalue weighted by Crippen LogP contribution is -1.97. The molecular weight excluding hydrogens is 251 g/mol. The first-order valence-corrected chi connectivity index (χ1v) is 6.65. The zero-order chi connectivity index (χ0) is 13.8. The molecule has 0 saturated carbocycles. The molecule has 0 amide bonds. The summed E-state index contributed by atoms with van der Waals surface area (Å²) in [5, 5.41) is 0. The number of rotatable bonds is 4. The average Bonchev–Trinajstić information content (AvgIpc) is 2.99. The number of imidazole rings is 1. The van der Waals surface area contributed by atoms with Gasteiger partial charge in [0.2, 0.25) is 0 Å². The number of hydrogen-bond donors (Lipinski definition) is 1. The van der Waals surface area contributed by atoms with E-state index in [4.69, 9.17) is 0 Å². The van der Waals surface area contributed by atoms with Crippen LogP contribution >= 0.6 is 0 Å². The maximum atomic E-state index is 14.0. The van der Waals surface area contributed by atoms with Crippen molar-refractivity contribution < 1.29 is 4.39 Å². The Morgan fingerprint density at radius 1 is 0.900 bits per heavy atom. The van der Waals surface area contributed by atoms with Gasteiger partial charge in [0.1, 0.15) is 11.6 Å². The summed E-state index contributed by atoms with van der Waals surface area (Å²) in [5.41, 5.74) is 2.74. The highest BCUT2D eigenvalue weighted by molar-refractivity contribution is 5.67. The third-order valence-electron chi connectivity index (χ3n) is 3.37. The molecule has 20 heavy (non-hydrogen) atoms. The van der Waals surface area contributed by atoms with Crippen LogP contribution in [0.15, 0.2) is 60.9 Å². The number of aromatic nitrogens is 2. The van der Waals surface area contributed by atoms with Gasteiger partial charge >= 0.3 is 0 Å². The Morgan fingerprint density at radius 3 is 2.40 bits per heavy atom. The molecule has 2 nitrogen and oxygen atoms in total. The van der Waals surface area contributed by atoms with Gasteiger partial charge in [0.05, 0.1) is 0 Å². The van der Waals surface area contributed by atoms with Gasteiger partial charge in [-0.05, 0) is 23.6 Å². The summed E-state index contributed by atoms with van der Waals surface area (Å²) in [6.07, 6.45) is 5.21. The molecule has 3 heteroatoms. The number of H-pyrrole nitrogens is 1. The lowest BCUT2D eigenvalue weighted by molar-refractivity contribution is 0.631. The second-order valence-electron chi connectivity index (χ2n) is 4.67. The molecule has 0 aliphatic heterocycles. The van der Waals surface area contributed by atoms with Crippen molar-refractivity contribution in [2.24, 2.45) is 0 Å². The average molecular weight is 266 g/mol. The van der Waals surface area contributed by atoms with Crippen LogP contribution in [0.3, 0.4) is 0 Å². The van der Waals surface area contributed by atoms with Crippen LogP contribution in [0.2, 0.25) is 0 Å². The fourth-order valence-corrected chi connectivity index (χ4v) is 2.37. The van der Waals surface area contributed by atoms with E-state index in [-0.39, 0.29) is 5.82 Å². The molecule has 1 aromatic heterocycles. The zero-order valence-electron chi connectivity index (χ0n) is 11.0. The Kier molecular flexibility index (Phi) is 3.59. The van der Waals surface area contributed by atoms with E-state index >= 15 is 0 Å². The largest absolute Gasteiger partial charge is 0.349 e. The molecule has 0 saturated heterocycles. The summed E-state index contributed by atoms with van der Waals surface area (Å²) in [6.45, 7) is 0. The van der Waals surface area contributed by atoms with E-state index in [2.05, 4.69) is 9.97 Å². The van der Waals surface area contributed by atoms with Gasteiger partial charge < -0.3 is 4.98 Å². The number of hydrogen-bond acceptors (Lipinski definition) is 1. The fourth-order valence-electron chi connectivity index (χ4n) is 2.37. The van der Waals surface area contributed by atoms with Gasteiger partial charge in [-0.25, -0.2) is 9.37 Å². The summed E-state index contributed by atoms with van der Waals surface area (Å²) in [7, 11) is 0. The highest BCUT2D eigenvalue weighted by Gasteiger charge is 2.09. The minimum absolute atomic E-state index is 0.182. The van der Waals surface area contributed by atoms with Crippen LogP contribution in [0.5, 0.6) is 0 Å². The standard InChI is InChI=1S/C17H15FN2/c18-16-8-4-3-7-15(16)14-6-2-1-5-13(14)9-10-17-19-11-12-20-17/h1-8,11-12H,9-10H2,(H,19,20). The van der Waals surface area contributed by atoms with E-state index in [1.54, 1.807) is 12.3 Å². The maximum Gasteiger partial charge on any atom is 0.131 e. The van der Waals surface area contributed by atoms with Crippen molar-refractivity contribution in [1.29, 1.82) is 0 Å². The number of nitrogens with one attached hydrogen (secondary N) is 1. The first-order chi connectivity index (χ1) is 9.84. The maximum absolute atomic E-state index is 14.0. The normalized spacial score (nSPS) is 10.7. The van der Waals surface area contributed by atoms with Crippen molar-refractivity contribution in [3.63, 3.8) is 0 Å². The SMILES string of the molecule is Fc1ccccc1-c1ccccc1CCc1ncc[nH]1. The van der Waals surface area contributed by atoms with E-state index < -0.39 is 0 Å². The van der Waals surface area contributed by atoms with E-state index in [0.717, 1.165) is 29.8 Å². The summed E-state index contributed by atoms with van der Waals surface area (Å²) in [5.74, 6) is 0.770. The van der Waals surface area contributed by atoms with Crippen molar-refractivity contribution in [2.45, 2.75) is 12.8 Å². The van der Waals surface area contributed by atoms with E-state index in [1.165, 1.54) is 6.07 Å². The second kappa shape index (κ2) is 5.70. The van der Waals surface area contributed by atoms with Crippen LogP contribution < -0.4 is 0 Å². The summed E-state index contributed by atoms with van der Waals surface area (Å²) in [6, 6.07) is 14.8. The third-order valence-corrected chi connectivity index (χ3v) is 3.37. The van der Waals surface area contributed by atoms with Crippen molar-refractivity contribution in [3.8, 4) is 11.1 Å². The third kappa shape index (κ3) is 2.62. The number of halogens is 1. The van der Waals surface area contributed by atoms with Crippen LogP contribution in [0.25, 0.3) is 11.1 Å². The predicted molar refractivity (Wildman–Crippen MR) is 77.8 cm³/mol. The smallest absolute Gasteiger partial charge is 0.131 e. The summed E-state index contributed by atoms with van der Waals surface area (Å²) < 4.78 is 14.0. The van der Waals surface area contributed by atoms with Gasteiger partial charge in [-0.2, -0.15) is 0 Å². The summed E-state index contributed by atoms with van der Waals surface area (Å²) in [4.78, 5) is 7.31. The van der Waals surface area contributed by atoms with Crippen LogP contribution in [0.4, 0.5) is 4.39 Å². The Hall–Kier alpha value is -2.42. The molecule has 0 unspecified atom stereocenters. The van der Waals surface area contributed by atoms with Gasteiger partial charge in [0.25, 0.3) is 0 Å². The van der Waals surface area contributed by atoms with Crippen molar-refractivity contribution >= 4 is 0 Å². The minimum atomic E-state index is -0.182. The predicted octanol–water partition coefficient (Wildman–Crippen LogP) is 4.00. The molecule has 0 bridgehead atoms. The van der Waals surface area contributed by atoms with Crippen molar-refractivity contribution in [1.82, 2.24) is 9.97 Å². The first kappa shape index (κ1) is 12.6. The number of aryl methyl sites for hydroxylation is 2. The van der Waals surface area contributed by atoms with Gasteiger partial charge in [0.15, 0.2) is 0 Å². The Bertz CT molecular complexity index is 690. The van der Waals surface area contributed by atoms with Crippen molar-refractivity contribution in [3.05, 3.63) is 78.1 Å². The van der Waals surface area contributed by atoms with Crippen LogP contribution in [-0.2, 0) is 12.8 Å². The molecule has 0 atom stereocenters. The Morgan fingerprint density at radius 2 is 1.65 bits per heavy atom. The second-order valence-corrected chi connectivity index (χ2v) is 4.67. The molecule has 0 aliphatic rings. The van der Waals surface area contributed by atoms with Crippen LogP contribution in [0.1, 0.15) is 11.4 Å². The Labute approximate surface area is 117 Å². The first-order valence-electron chi connectivity index (χ1n) is 6.65. The molecule has 0 radical (unpaired) electrons. The van der Waals surface area contributed by atoms with Crippen LogP contribution in [0, 0.1) is 5.82 Å². The molecule has 0 spiro atoms. The van der Waals surface area contributed by atoms with Gasteiger partial charge in [-0.3, -0.25) is 0 Å². The number of benzene rings is 2. The molecule has 3 rings (SSSR count). The number of nitrogens with zero attached hydrogens (tertiary/aromatic N) is 1. The van der Waals surface area contributed by atoms with Gasteiger partial charge in [0, 0.05) is 24.4 Å². The minimum Gasteiger partial charge on any atom is -0.349 e. The Balaban J connectivity index is 1.90. The van der Waals surface area contributed by atoms with E-state index in [1.807, 2.05) is 42.6 Å². The fraction of sp³-hybridized carbons (Fsp3) is 0.118. The van der Waals surface area contributed by atoms with Gasteiger partial charge in [-0.15, -0.1) is 0 Å². The lowest BCUT2D eigenvalue weighted by atomic mass is 9.96. The van der Waals surface area contributed by atoms with Crippen molar-refractivity contribution in [2.75, 3.05) is 0 Å². The molecule has 3 aromatic rings. The molecule has 1 N–H and O–H groups in total. The molecular formula is C17H15FN2. The van der Waals surface area contributed by atoms with E-state index in [0.29, 0.717) is 5.56 Å². The van der Waals surface area contributed by atoms with Crippen LogP contribution in [-0.4, -0.2) is 9.97 Å². The molecule has 0 aliphatic carbocycles. The zero-order valence-corrected chi connectivity index (χ0v) is 11.0. The molecule has 1 heterocycles. The highest BCUT2D eigenvalue weighted by Crippen LogP contribution is 2.26. The van der Waals surface area contributed by atoms with Gasteiger partial charge in [-0.1, -0.05) is 42.5 Å². The lowest BCUT2D eigenvalue weighted by Gasteiger charge is -2.10. The monoisotopic (exact) mass is 266 g/mol. The molecule has 0 fully saturated rings. The quantitative estimate of drug-likeness (QED) is 0.759. The highest BCUT2D eigenvalue weighted by atomic mass is 19.1.